The van der Waals surface area contributed by atoms with Gasteiger partial charge in [-0.05, 0) is 31.0 Å². The molecule has 0 unspecified atom stereocenters. The zero-order valence-electron chi connectivity index (χ0n) is 18.1. The highest BCUT2D eigenvalue weighted by Crippen LogP contribution is 2.28. The highest BCUT2D eigenvalue weighted by Gasteiger charge is 2.24. The number of ether oxygens (including phenoxy) is 2. The lowest BCUT2D eigenvalue weighted by molar-refractivity contribution is 0.0827. The first kappa shape index (κ1) is 21.2. The molecule has 0 bridgehead atoms. The molecule has 1 saturated heterocycles. The highest BCUT2D eigenvalue weighted by molar-refractivity contribution is 5.78. The van der Waals surface area contributed by atoms with E-state index in [9.17, 15) is 4.79 Å². The van der Waals surface area contributed by atoms with Crippen LogP contribution in [0.5, 0.6) is 5.75 Å². The van der Waals surface area contributed by atoms with E-state index in [1.807, 2.05) is 56.3 Å². The standard InChI is InChI=1S/C24H29N3O4/c1-3-22-26-20-9-10-21(17(2)23(20)31-22)29-14-11-19-15-27(13-12-25-19)24(28)30-16-18-7-5-4-6-8-18/h4-10,19,25H,3,11-16H2,1-2H3/t19-/m1/s1. The smallest absolute Gasteiger partial charge is 0.410 e. The molecule has 2 heterocycles. The topological polar surface area (TPSA) is 76.8 Å². The summed E-state index contributed by atoms with van der Waals surface area (Å²) in [7, 11) is 0. The predicted molar refractivity (Wildman–Crippen MR) is 118 cm³/mol. The van der Waals surface area contributed by atoms with Crippen LogP contribution >= 0.6 is 0 Å². The van der Waals surface area contributed by atoms with Gasteiger partial charge in [-0.1, -0.05) is 37.3 Å². The Balaban J connectivity index is 1.26. The predicted octanol–water partition coefficient (Wildman–Crippen LogP) is 4.08. The van der Waals surface area contributed by atoms with Crippen molar-refractivity contribution in [3.63, 3.8) is 0 Å². The normalized spacial score (nSPS) is 16.5. The number of nitrogens with zero attached hydrogens (tertiary/aromatic N) is 2. The summed E-state index contributed by atoms with van der Waals surface area (Å²) in [6, 6.07) is 13.8. The van der Waals surface area contributed by atoms with Crippen LogP contribution in [0.3, 0.4) is 0 Å². The Morgan fingerprint density at radius 1 is 1.26 bits per heavy atom. The van der Waals surface area contributed by atoms with E-state index in [1.54, 1.807) is 4.90 Å². The highest BCUT2D eigenvalue weighted by atomic mass is 16.6. The van der Waals surface area contributed by atoms with Crippen LogP contribution in [0.2, 0.25) is 0 Å². The van der Waals surface area contributed by atoms with Gasteiger partial charge in [0.15, 0.2) is 11.5 Å². The van der Waals surface area contributed by atoms with E-state index in [1.165, 1.54) is 0 Å². The van der Waals surface area contributed by atoms with Crippen LogP contribution in [-0.4, -0.2) is 48.3 Å². The van der Waals surface area contributed by atoms with Crippen molar-refractivity contribution in [2.75, 3.05) is 26.2 Å². The average molecular weight is 424 g/mol. The van der Waals surface area contributed by atoms with Gasteiger partial charge >= 0.3 is 6.09 Å². The summed E-state index contributed by atoms with van der Waals surface area (Å²) in [6.07, 6.45) is 1.29. The molecule has 1 aliphatic heterocycles. The molecule has 0 aliphatic carbocycles. The van der Waals surface area contributed by atoms with E-state index in [2.05, 4.69) is 10.3 Å². The third-order valence-electron chi connectivity index (χ3n) is 5.55. The Hall–Kier alpha value is -3.06. The number of carbonyl (C=O) groups is 1. The van der Waals surface area contributed by atoms with Gasteiger partial charge in [-0.3, -0.25) is 0 Å². The first-order valence-electron chi connectivity index (χ1n) is 10.8. The quantitative estimate of drug-likeness (QED) is 0.617. The first-order valence-corrected chi connectivity index (χ1v) is 10.8. The molecule has 2 aromatic carbocycles. The lowest BCUT2D eigenvalue weighted by Gasteiger charge is -2.33. The monoisotopic (exact) mass is 423 g/mol. The molecule has 1 amide bonds. The van der Waals surface area contributed by atoms with Gasteiger partial charge in [0.1, 0.15) is 17.9 Å². The number of amides is 1. The van der Waals surface area contributed by atoms with Crippen LogP contribution in [0.1, 0.15) is 30.4 Å². The number of benzene rings is 2. The Morgan fingerprint density at radius 3 is 2.90 bits per heavy atom. The fourth-order valence-electron chi connectivity index (χ4n) is 3.77. The molecule has 164 valence electrons. The van der Waals surface area contributed by atoms with Crippen LogP contribution in [-0.2, 0) is 17.8 Å². The minimum atomic E-state index is -0.269. The fourth-order valence-corrected chi connectivity index (χ4v) is 3.77. The van der Waals surface area contributed by atoms with Crippen molar-refractivity contribution in [1.82, 2.24) is 15.2 Å². The number of aromatic nitrogens is 1. The Kier molecular flexibility index (Phi) is 6.72. The van der Waals surface area contributed by atoms with Gasteiger partial charge in [0.05, 0.1) is 6.61 Å². The molecule has 1 N–H and O–H groups in total. The molecule has 1 aliphatic rings. The van der Waals surface area contributed by atoms with Gasteiger partial charge in [-0.2, -0.15) is 0 Å². The van der Waals surface area contributed by atoms with Gasteiger partial charge < -0.3 is 24.1 Å². The molecule has 7 heteroatoms. The molecule has 3 aromatic rings. The Bertz CT molecular complexity index is 1020. The molecule has 0 radical (unpaired) electrons. The maximum atomic E-state index is 12.4. The molecule has 0 saturated carbocycles. The number of carbonyl (C=O) groups excluding carboxylic acids is 1. The molecule has 1 atom stereocenters. The van der Waals surface area contributed by atoms with Crippen molar-refractivity contribution in [2.45, 2.75) is 39.3 Å². The second-order valence-electron chi connectivity index (χ2n) is 7.77. The van der Waals surface area contributed by atoms with Crippen LogP contribution in [0.15, 0.2) is 46.9 Å². The van der Waals surface area contributed by atoms with Crippen molar-refractivity contribution in [3.05, 3.63) is 59.5 Å². The number of oxazole rings is 1. The first-order chi connectivity index (χ1) is 15.1. The molecule has 1 aromatic heterocycles. The largest absolute Gasteiger partial charge is 0.493 e. The number of hydrogen-bond donors (Lipinski definition) is 1. The molecular formula is C24H29N3O4. The molecular weight excluding hydrogens is 394 g/mol. The second-order valence-corrected chi connectivity index (χ2v) is 7.77. The number of nitrogens with one attached hydrogen (secondary N) is 1. The van der Waals surface area contributed by atoms with Crippen molar-refractivity contribution >= 4 is 17.2 Å². The van der Waals surface area contributed by atoms with Crippen molar-refractivity contribution in [1.29, 1.82) is 0 Å². The van der Waals surface area contributed by atoms with E-state index < -0.39 is 0 Å². The summed E-state index contributed by atoms with van der Waals surface area (Å²) in [5.74, 6) is 1.54. The lowest BCUT2D eigenvalue weighted by atomic mass is 10.1. The maximum Gasteiger partial charge on any atom is 0.410 e. The SMILES string of the molecule is CCc1nc2ccc(OCC[C@@H]3CN(C(=O)OCc4ccccc4)CCN3)c(C)c2o1. The summed E-state index contributed by atoms with van der Waals surface area (Å²) in [5, 5.41) is 3.46. The number of rotatable bonds is 7. The van der Waals surface area contributed by atoms with Crippen LogP contribution in [0.25, 0.3) is 11.1 Å². The van der Waals surface area contributed by atoms with Gasteiger partial charge in [0.25, 0.3) is 0 Å². The lowest BCUT2D eigenvalue weighted by Crippen LogP contribution is -2.53. The summed E-state index contributed by atoms with van der Waals surface area (Å²) < 4.78 is 17.3. The minimum Gasteiger partial charge on any atom is -0.493 e. The Morgan fingerprint density at radius 2 is 2.10 bits per heavy atom. The zero-order chi connectivity index (χ0) is 21.6. The van der Waals surface area contributed by atoms with Gasteiger partial charge in [-0.25, -0.2) is 9.78 Å². The third kappa shape index (κ3) is 5.17. The van der Waals surface area contributed by atoms with E-state index in [4.69, 9.17) is 13.9 Å². The van der Waals surface area contributed by atoms with Crippen LogP contribution < -0.4 is 10.1 Å². The van der Waals surface area contributed by atoms with Crippen LogP contribution in [0.4, 0.5) is 4.79 Å². The minimum absolute atomic E-state index is 0.166. The van der Waals surface area contributed by atoms with Crippen molar-refractivity contribution in [2.24, 2.45) is 0 Å². The van der Waals surface area contributed by atoms with Crippen molar-refractivity contribution in [3.8, 4) is 5.75 Å². The van der Waals surface area contributed by atoms with E-state index >= 15 is 0 Å². The summed E-state index contributed by atoms with van der Waals surface area (Å²) >= 11 is 0. The molecule has 0 spiro atoms. The Labute approximate surface area is 182 Å². The molecule has 31 heavy (non-hydrogen) atoms. The second kappa shape index (κ2) is 9.83. The molecule has 7 nitrogen and oxygen atoms in total. The van der Waals surface area contributed by atoms with Crippen molar-refractivity contribution < 1.29 is 18.7 Å². The van der Waals surface area contributed by atoms with Gasteiger partial charge in [0.2, 0.25) is 0 Å². The number of piperazine rings is 1. The zero-order valence-corrected chi connectivity index (χ0v) is 18.1. The van der Waals surface area contributed by atoms with E-state index in [0.717, 1.165) is 53.3 Å². The molecule has 4 rings (SSSR count). The van der Waals surface area contributed by atoms with E-state index in [-0.39, 0.29) is 12.1 Å². The van der Waals surface area contributed by atoms with Gasteiger partial charge in [-0.15, -0.1) is 0 Å². The number of aryl methyl sites for hydroxylation is 2. The average Bonchev–Trinajstić information content (AvgIpc) is 3.24. The number of fused-ring (bicyclic) bond motifs is 1. The summed E-state index contributed by atoms with van der Waals surface area (Å²) in [6.45, 7) is 6.85. The van der Waals surface area contributed by atoms with Crippen LogP contribution in [0, 0.1) is 6.92 Å². The van der Waals surface area contributed by atoms with Gasteiger partial charge in [0, 0.05) is 37.7 Å². The van der Waals surface area contributed by atoms with E-state index in [0.29, 0.717) is 26.3 Å². The molecule has 1 fully saturated rings. The number of hydrogen-bond acceptors (Lipinski definition) is 6. The third-order valence-corrected chi connectivity index (χ3v) is 5.55. The maximum absolute atomic E-state index is 12.4. The summed E-state index contributed by atoms with van der Waals surface area (Å²) in [5.41, 5.74) is 3.60. The fraction of sp³-hybridized carbons (Fsp3) is 0.417. The summed E-state index contributed by atoms with van der Waals surface area (Å²) in [4.78, 5) is 18.7.